The summed E-state index contributed by atoms with van der Waals surface area (Å²) in [6.07, 6.45) is 4.70. The minimum atomic E-state index is -0.711. The number of rotatable bonds is 3. The Morgan fingerprint density at radius 1 is 1.35 bits per heavy atom. The summed E-state index contributed by atoms with van der Waals surface area (Å²) in [4.78, 5) is 14.7. The molecular weight excluding hydrogens is 234 g/mol. The average molecular weight is 253 g/mol. The molecule has 2 heterocycles. The van der Waals surface area contributed by atoms with E-state index in [1.807, 2.05) is 18.4 Å². The fraction of sp³-hybridized carbons (Fsp3) is 0.615. The SMILES string of the molecule is Cc1ccsc1C(C(=O)O)N1CCCCCC1. The molecule has 0 aliphatic carbocycles. The van der Waals surface area contributed by atoms with Crippen molar-refractivity contribution in [1.82, 2.24) is 4.90 Å². The number of carboxylic acid groups (broad SMARTS) is 1. The molecular formula is C13H19NO2S. The molecule has 0 radical (unpaired) electrons. The number of carbonyl (C=O) groups is 1. The summed E-state index contributed by atoms with van der Waals surface area (Å²) < 4.78 is 0. The van der Waals surface area contributed by atoms with Crippen LogP contribution in [0.3, 0.4) is 0 Å². The molecule has 1 fully saturated rings. The van der Waals surface area contributed by atoms with Crippen molar-refractivity contribution in [3.63, 3.8) is 0 Å². The quantitative estimate of drug-likeness (QED) is 0.900. The van der Waals surface area contributed by atoms with Gasteiger partial charge in [-0.05, 0) is 49.9 Å². The van der Waals surface area contributed by atoms with Crippen molar-refractivity contribution in [2.45, 2.75) is 38.6 Å². The highest BCUT2D eigenvalue weighted by molar-refractivity contribution is 7.10. The average Bonchev–Trinajstić information content (AvgIpc) is 2.55. The first-order valence-corrected chi connectivity index (χ1v) is 7.09. The summed E-state index contributed by atoms with van der Waals surface area (Å²) in [5, 5.41) is 11.5. The Hall–Kier alpha value is -0.870. The van der Waals surface area contributed by atoms with Gasteiger partial charge < -0.3 is 5.11 Å². The van der Waals surface area contributed by atoms with E-state index in [1.165, 1.54) is 12.8 Å². The Balaban J connectivity index is 2.22. The summed E-state index contributed by atoms with van der Waals surface area (Å²) in [6.45, 7) is 3.82. The van der Waals surface area contributed by atoms with Crippen LogP contribution in [0.1, 0.15) is 42.2 Å². The number of carboxylic acids is 1. The number of likely N-dealkylation sites (tertiary alicyclic amines) is 1. The summed E-state index contributed by atoms with van der Waals surface area (Å²) in [6, 6.07) is 1.57. The summed E-state index contributed by atoms with van der Waals surface area (Å²) in [5.74, 6) is -0.711. The monoisotopic (exact) mass is 253 g/mol. The second-order valence-corrected chi connectivity index (χ2v) is 5.61. The molecule has 0 bridgehead atoms. The number of aliphatic carboxylic acids is 1. The lowest BCUT2D eigenvalue weighted by molar-refractivity contribution is -0.143. The number of thiophene rings is 1. The Bertz CT molecular complexity index is 381. The van der Waals surface area contributed by atoms with Crippen LogP contribution < -0.4 is 0 Å². The van der Waals surface area contributed by atoms with Gasteiger partial charge in [0.1, 0.15) is 6.04 Å². The standard InChI is InChI=1S/C13H19NO2S/c1-10-6-9-17-12(10)11(13(15)16)14-7-4-2-3-5-8-14/h6,9,11H,2-5,7-8H2,1H3,(H,15,16). The van der Waals surface area contributed by atoms with Crippen LogP contribution in [0.2, 0.25) is 0 Å². The zero-order chi connectivity index (χ0) is 12.3. The van der Waals surface area contributed by atoms with E-state index in [0.717, 1.165) is 36.4 Å². The van der Waals surface area contributed by atoms with Gasteiger partial charge in [-0.15, -0.1) is 11.3 Å². The molecule has 0 amide bonds. The maximum atomic E-state index is 11.5. The van der Waals surface area contributed by atoms with Gasteiger partial charge in [-0.25, -0.2) is 0 Å². The van der Waals surface area contributed by atoms with Crippen LogP contribution >= 0.6 is 11.3 Å². The Morgan fingerprint density at radius 3 is 2.47 bits per heavy atom. The molecule has 17 heavy (non-hydrogen) atoms. The van der Waals surface area contributed by atoms with Gasteiger partial charge in [-0.2, -0.15) is 0 Å². The molecule has 2 rings (SSSR count). The Kier molecular flexibility index (Phi) is 4.18. The van der Waals surface area contributed by atoms with Gasteiger partial charge in [0.05, 0.1) is 0 Å². The lowest BCUT2D eigenvalue weighted by atomic mass is 10.1. The molecule has 1 saturated heterocycles. The molecule has 1 aromatic heterocycles. The number of hydrogen-bond acceptors (Lipinski definition) is 3. The van der Waals surface area contributed by atoms with Crippen LogP contribution in [0, 0.1) is 6.92 Å². The van der Waals surface area contributed by atoms with Gasteiger partial charge in [0, 0.05) is 4.88 Å². The Morgan fingerprint density at radius 2 is 2.00 bits per heavy atom. The number of nitrogens with zero attached hydrogens (tertiary/aromatic N) is 1. The maximum absolute atomic E-state index is 11.5. The molecule has 1 N–H and O–H groups in total. The van der Waals surface area contributed by atoms with Crippen molar-refractivity contribution in [3.8, 4) is 0 Å². The lowest BCUT2D eigenvalue weighted by Gasteiger charge is -2.27. The molecule has 1 aliphatic heterocycles. The molecule has 1 atom stereocenters. The highest BCUT2D eigenvalue weighted by atomic mass is 32.1. The fourth-order valence-electron chi connectivity index (χ4n) is 2.45. The van der Waals surface area contributed by atoms with Crippen LogP contribution in [-0.2, 0) is 4.79 Å². The summed E-state index contributed by atoms with van der Waals surface area (Å²) >= 11 is 1.56. The zero-order valence-electron chi connectivity index (χ0n) is 10.2. The van der Waals surface area contributed by atoms with Crippen LogP contribution in [0.15, 0.2) is 11.4 Å². The number of hydrogen-bond donors (Lipinski definition) is 1. The van der Waals surface area contributed by atoms with E-state index in [9.17, 15) is 9.90 Å². The van der Waals surface area contributed by atoms with E-state index in [4.69, 9.17) is 0 Å². The van der Waals surface area contributed by atoms with Crippen molar-refractivity contribution in [2.75, 3.05) is 13.1 Å². The second kappa shape index (κ2) is 5.65. The van der Waals surface area contributed by atoms with E-state index in [1.54, 1.807) is 11.3 Å². The largest absolute Gasteiger partial charge is 0.480 e. The molecule has 0 aromatic carbocycles. The van der Waals surface area contributed by atoms with Gasteiger partial charge in [0.25, 0.3) is 0 Å². The van der Waals surface area contributed by atoms with Crippen molar-refractivity contribution in [3.05, 3.63) is 21.9 Å². The third-order valence-corrected chi connectivity index (χ3v) is 4.46. The van der Waals surface area contributed by atoms with Crippen LogP contribution in [-0.4, -0.2) is 29.1 Å². The first kappa shape index (κ1) is 12.6. The molecule has 1 aromatic rings. The van der Waals surface area contributed by atoms with Gasteiger partial charge in [0.15, 0.2) is 0 Å². The summed E-state index contributed by atoms with van der Waals surface area (Å²) in [5.41, 5.74) is 1.10. The number of aryl methyl sites for hydroxylation is 1. The van der Waals surface area contributed by atoms with Gasteiger partial charge in [-0.1, -0.05) is 12.8 Å². The molecule has 1 aliphatic rings. The van der Waals surface area contributed by atoms with Crippen molar-refractivity contribution < 1.29 is 9.90 Å². The van der Waals surface area contributed by atoms with E-state index in [-0.39, 0.29) is 0 Å². The van der Waals surface area contributed by atoms with E-state index in [2.05, 4.69) is 4.90 Å². The van der Waals surface area contributed by atoms with Crippen LogP contribution in [0.5, 0.6) is 0 Å². The molecule has 0 saturated carbocycles. The molecule has 4 heteroatoms. The second-order valence-electron chi connectivity index (χ2n) is 4.66. The van der Waals surface area contributed by atoms with Crippen molar-refractivity contribution >= 4 is 17.3 Å². The van der Waals surface area contributed by atoms with E-state index >= 15 is 0 Å². The first-order chi connectivity index (χ1) is 8.20. The highest BCUT2D eigenvalue weighted by Gasteiger charge is 2.29. The van der Waals surface area contributed by atoms with Gasteiger partial charge in [-0.3, -0.25) is 9.69 Å². The molecule has 0 spiro atoms. The molecule has 1 unspecified atom stereocenters. The summed E-state index contributed by atoms with van der Waals surface area (Å²) in [7, 11) is 0. The van der Waals surface area contributed by atoms with Crippen LogP contribution in [0.4, 0.5) is 0 Å². The first-order valence-electron chi connectivity index (χ1n) is 6.21. The topological polar surface area (TPSA) is 40.5 Å². The third kappa shape index (κ3) is 2.87. The Labute approximate surface area is 106 Å². The third-order valence-electron chi connectivity index (χ3n) is 3.39. The van der Waals surface area contributed by atoms with Crippen molar-refractivity contribution in [2.24, 2.45) is 0 Å². The lowest BCUT2D eigenvalue weighted by Crippen LogP contribution is -2.34. The minimum Gasteiger partial charge on any atom is -0.480 e. The van der Waals surface area contributed by atoms with Gasteiger partial charge in [0.2, 0.25) is 0 Å². The molecule has 94 valence electrons. The highest BCUT2D eigenvalue weighted by Crippen LogP contribution is 2.30. The minimum absolute atomic E-state index is 0.437. The van der Waals surface area contributed by atoms with E-state index < -0.39 is 12.0 Å². The van der Waals surface area contributed by atoms with Gasteiger partial charge >= 0.3 is 5.97 Å². The predicted molar refractivity (Wildman–Crippen MR) is 69.5 cm³/mol. The normalized spacial score (nSPS) is 19.8. The maximum Gasteiger partial charge on any atom is 0.326 e. The zero-order valence-corrected chi connectivity index (χ0v) is 11.0. The van der Waals surface area contributed by atoms with Crippen LogP contribution in [0.25, 0.3) is 0 Å². The van der Waals surface area contributed by atoms with E-state index in [0.29, 0.717) is 0 Å². The predicted octanol–water partition coefficient (Wildman–Crippen LogP) is 3.06. The fourth-order valence-corrected chi connectivity index (χ4v) is 3.50. The smallest absolute Gasteiger partial charge is 0.326 e. The molecule has 3 nitrogen and oxygen atoms in total. The van der Waals surface area contributed by atoms with Crippen molar-refractivity contribution in [1.29, 1.82) is 0 Å².